The third-order valence-electron chi connectivity index (χ3n) is 3.24. The first kappa shape index (κ1) is 14.7. The Morgan fingerprint density at radius 3 is 2.90 bits per heavy atom. The molecule has 0 aromatic heterocycles. The lowest BCUT2D eigenvalue weighted by Gasteiger charge is -2.27. The molecule has 2 rings (SSSR count). The Labute approximate surface area is 122 Å². The van der Waals surface area contributed by atoms with Crippen molar-refractivity contribution in [3.8, 4) is 0 Å². The lowest BCUT2D eigenvalue weighted by Crippen LogP contribution is -2.47. The van der Waals surface area contributed by atoms with Gasteiger partial charge in [0.05, 0.1) is 5.88 Å². The number of carboxylic acids is 1. The van der Waals surface area contributed by atoms with E-state index >= 15 is 0 Å². The zero-order valence-electron chi connectivity index (χ0n) is 11.6. The molecule has 108 valence electrons. The number of urea groups is 1. The van der Waals surface area contributed by atoms with Crippen molar-refractivity contribution >= 4 is 23.8 Å². The van der Waals surface area contributed by atoms with Crippen LogP contribution in [0.15, 0.2) is 24.3 Å². The van der Waals surface area contributed by atoms with Crippen molar-refractivity contribution in [3.63, 3.8) is 0 Å². The third kappa shape index (κ3) is 3.25. The zero-order valence-corrected chi connectivity index (χ0v) is 12.4. The molecule has 0 bridgehead atoms. The monoisotopic (exact) mass is 294 g/mol. The van der Waals surface area contributed by atoms with Gasteiger partial charge in [0, 0.05) is 19.3 Å². The summed E-state index contributed by atoms with van der Waals surface area (Å²) in [4.78, 5) is 26.4. The molecule has 0 aliphatic carbocycles. The van der Waals surface area contributed by atoms with E-state index in [2.05, 4.69) is 0 Å². The van der Waals surface area contributed by atoms with E-state index in [0.29, 0.717) is 18.2 Å². The van der Waals surface area contributed by atoms with Crippen LogP contribution in [0.4, 0.5) is 4.79 Å². The minimum Gasteiger partial charge on any atom is -0.480 e. The molecular formula is C14H18N2O3S. The molecule has 1 fully saturated rings. The molecule has 1 unspecified atom stereocenters. The van der Waals surface area contributed by atoms with Gasteiger partial charge in [-0.15, -0.1) is 11.8 Å². The minimum absolute atomic E-state index is 0.232. The predicted octanol–water partition coefficient (Wildman–Crippen LogP) is 2.01. The third-order valence-corrected chi connectivity index (χ3v) is 4.25. The van der Waals surface area contributed by atoms with Crippen LogP contribution in [-0.4, -0.2) is 51.6 Å². The summed E-state index contributed by atoms with van der Waals surface area (Å²) < 4.78 is 0. The van der Waals surface area contributed by atoms with Crippen molar-refractivity contribution in [3.05, 3.63) is 35.4 Å². The van der Waals surface area contributed by atoms with Crippen LogP contribution in [0.3, 0.4) is 0 Å². The van der Waals surface area contributed by atoms with E-state index in [1.54, 1.807) is 11.9 Å². The Morgan fingerprint density at radius 2 is 2.25 bits per heavy atom. The number of thioether (sulfide) groups is 1. The first-order chi connectivity index (χ1) is 9.49. The van der Waals surface area contributed by atoms with Crippen molar-refractivity contribution in [1.82, 2.24) is 9.80 Å². The average molecular weight is 294 g/mol. The molecule has 0 saturated carbocycles. The Bertz CT molecular complexity index is 521. The topological polar surface area (TPSA) is 60.9 Å². The highest BCUT2D eigenvalue weighted by Gasteiger charge is 2.35. The molecule has 1 aromatic carbocycles. The maximum absolute atomic E-state index is 12.3. The number of aryl methyl sites for hydroxylation is 1. The zero-order chi connectivity index (χ0) is 14.7. The van der Waals surface area contributed by atoms with Crippen molar-refractivity contribution in [2.45, 2.75) is 19.5 Å². The summed E-state index contributed by atoms with van der Waals surface area (Å²) in [5.74, 6) is -0.0415. The van der Waals surface area contributed by atoms with Crippen LogP contribution in [0, 0.1) is 6.92 Å². The number of carboxylic acid groups (broad SMARTS) is 1. The fourth-order valence-corrected chi connectivity index (χ4v) is 3.35. The van der Waals surface area contributed by atoms with Crippen molar-refractivity contribution < 1.29 is 14.7 Å². The normalized spacial score (nSPS) is 18.1. The number of nitrogens with zero attached hydrogens (tertiary/aromatic N) is 2. The Hall–Kier alpha value is -1.69. The van der Waals surface area contributed by atoms with E-state index in [0.717, 1.165) is 11.1 Å². The average Bonchev–Trinajstić information content (AvgIpc) is 2.87. The Morgan fingerprint density at radius 1 is 1.50 bits per heavy atom. The lowest BCUT2D eigenvalue weighted by atomic mass is 10.1. The number of carbonyl (C=O) groups excluding carboxylic acids is 1. The second-order valence-electron chi connectivity index (χ2n) is 4.95. The number of aliphatic carboxylic acids is 1. The number of benzene rings is 1. The molecule has 1 aliphatic rings. The fourth-order valence-electron chi connectivity index (χ4n) is 2.21. The van der Waals surface area contributed by atoms with E-state index < -0.39 is 12.0 Å². The molecule has 1 N–H and O–H groups in total. The summed E-state index contributed by atoms with van der Waals surface area (Å²) in [6.45, 7) is 2.48. The molecule has 1 aromatic rings. The first-order valence-electron chi connectivity index (χ1n) is 6.37. The molecule has 1 heterocycles. The molecule has 1 aliphatic heterocycles. The molecule has 0 radical (unpaired) electrons. The summed E-state index contributed by atoms with van der Waals surface area (Å²) in [5.41, 5.74) is 2.18. The highest BCUT2D eigenvalue weighted by molar-refractivity contribution is 7.99. The van der Waals surface area contributed by atoms with Crippen LogP contribution in [-0.2, 0) is 11.3 Å². The molecule has 1 saturated heterocycles. The van der Waals surface area contributed by atoms with E-state index in [9.17, 15) is 9.59 Å². The summed E-state index contributed by atoms with van der Waals surface area (Å²) >= 11 is 1.47. The van der Waals surface area contributed by atoms with Crippen molar-refractivity contribution in [2.24, 2.45) is 0 Å². The van der Waals surface area contributed by atoms with Gasteiger partial charge >= 0.3 is 12.0 Å². The Kier molecular flexibility index (Phi) is 4.54. The van der Waals surface area contributed by atoms with Gasteiger partial charge in [-0.05, 0) is 12.5 Å². The number of rotatable bonds is 3. The van der Waals surface area contributed by atoms with Gasteiger partial charge in [-0.3, -0.25) is 0 Å². The fraction of sp³-hybridized carbons (Fsp3) is 0.429. The first-order valence-corrected chi connectivity index (χ1v) is 7.52. The quantitative estimate of drug-likeness (QED) is 0.926. The van der Waals surface area contributed by atoms with Gasteiger partial charge in [-0.2, -0.15) is 0 Å². The Balaban J connectivity index is 2.03. The molecular weight excluding hydrogens is 276 g/mol. The summed E-state index contributed by atoms with van der Waals surface area (Å²) in [6.07, 6.45) is 0. The standard InChI is InChI=1S/C14H18N2O3S/c1-10-4-3-5-11(6-10)7-15(2)14(19)16-9-20-8-12(16)13(17)18/h3-6,12H,7-9H2,1-2H3,(H,17,18). The van der Waals surface area contributed by atoms with E-state index in [1.165, 1.54) is 16.7 Å². The van der Waals surface area contributed by atoms with Gasteiger partial charge in [0.2, 0.25) is 0 Å². The number of hydrogen-bond acceptors (Lipinski definition) is 3. The smallest absolute Gasteiger partial charge is 0.327 e. The highest BCUT2D eigenvalue weighted by atomic mass is 32.2. The van der Waals surface area contributed by atoms with Crippen LogP contribution < -0.4 is 0 Å². The second-order valence-corrected chi connectivity index (χ2v) is 5.95. The van der Waals surface area contributed by atoms with Crippen molar-refractivity contribution in [2.75, 3.05) is 18.7 Å². The van der Waals surface area contributed by atoms with Gasteiger partial charge < -0.3 is 14.9 Å². The van der Waals surface area contributed by atoms with E-state index in [4.69, 9.17) is 5.11 Å². The van der Waals surface area contributed by atoms with Crippen molar-refractivity contribution in [1.29, 1.82) is 0 Å². The van der Waals surface area contributed by atoms with Gasteiger partial charge in [0.25, 0.3) is 0 Å². The van der Waals surface area contributed by atoms with Crippen LogP contribution in [0.2, 0.25) is 0 Å². The van der Waals surface area contributed by atoms with E-state index in [-0.39, 0.29) is 6.03 Å². The van der Waals surface area contributed by atoms with Crippen LogP contribution in [0.5, 0.6) is 0 Å². The van der Waals surface area contributed by atoms with Crippen LogP contribution in [0.1, 0.15) is 11.1 Å². The molecule has 6 heteroatoms. The molecule has 20 heavy (non-hydrogen) atoms. The molecule has 1 atom stereocenters. The summed E-state index contributed by atoms with van der Waals surface area (Å²) in [7, 11) is 1.70. The van der Waals surface area contributed by atoms with Gasteiger partial charge in [-0.1, -0.05) is 29.8 Å². The summed E-state index contributed by atoms with van der Waals surface area (Å²) in [6, 6.07) is 7.00. The number of carbonyl (C=O) groups is 2. The number of hydrogen-bond donors (Lipinski definition) is 1. The largest absolute Gasteiger partial charge is 0.480 e. The predicted molar refractivity (Wildman–Crippen MR) is 78.6 cm³/mol. The van der Waals surface area contributed by atoms with Gasteiger partial charge in [-0.25, -0.2) is 9.59 Å². The molecule has 0 spiro atoms. The van der Waals surface area contributed by atoms with Crippen LogP contribution >= 0.6 is 11.8 Å². The van der Waals surface area contributed by atoms with Gasteiger partial charge in [0.15, 0.2) is 0 Å². The van der Waals surface area contributed by atoms with Gasteiger partial charge in [0.1, 0.15) is 6.04 Å². The van der Waals surface area contributed by atoms with Crippen LogP contribution in [0.25, 0.3) is 0 Å². The lowest BCUT2D eigenvalue weighted by molar-refractivity contribution is -0.140. The molecule has 2 amide bonds. The molecule has 5 nitrogen and oxygen atoms in total. The number of amides is 2. The second kappa shape index (κ2) is 6.17. The summed E-state index contributed by atoms with van der Waals surface area (Å²) in [5, 5.41) is 9.11. The SMILES string of the molecule is Cc1cccc(CN(C)C(=O)N2CSCC2C(=O)O)c1. The minimum atomic E-state index is -0.938. The maximum atomic E-state index is 12.3. The highest BCUT2D eigenvalue weighted by Crippen LogP contribution is 2.22. The maximum Gasteiger partial charge on any atom is 0.327 e. The van der Waals surface area contributed by atoms with E-state index in [1.807, 2.05) is 31.2 Å².